The minimum Gasteiger partial charge on any atom is -0.480 e. The van der Waals surface area contributed by atoms with Crippen LogP contribution in [0.1, 0.15) is 65.7 Å². The van der Waals surface area contributed by atoms with E-state index in [1.165, 1.54) is 19.3 Å². The maximum atomic E-state index is 11.5. The third-order valence-corrected chi connectivity index (χ3v) is 5.09. The van der Waals surface area contributed by atoms with E-state index >= 15 is 0 Å². The van der Waals surface area contributed by atoms with Crippen LogP contribution in [0, 0.1) is 0 Å². The molecular formula is C16H30N2O2. The van der Waals surface area contributed by atoms with Gasteiger partial charge < -0.3 is 5.11 Å². The lowest BCUT2D eigenvalue weighted by Gasteiger charge is -2.31. The molecule has 0 aromatic rings. The molecule has 20 heavy (non-hydrogen) atoms. The molecule has 0 aromatic carbocycles. The van der Waals surface area contributed by atoms with Crippen molar-refractivity contribution in [3.63, 3.8) is 0 Å². The molecule has 1 aliphatic heterocycles. The Kier molecular flexibility index (Phi) is 5.08. The quantitative estimate of drug-likeness (QED) is 0.718. The summed E-state index contributed by atoms with van der Waals surface area (Å²) >= 11 is 0. The van der Waals surface area contributed by atoms with E-state index in [0.717, 1.165) is 32.2 Å². The molecule has 116 valence electrons. The van der Waals surface area contributed by atoms with E-state index < -0.39 is 11.5 Å². The second-order valence-electron chi connectivity index (χ2n) is 6.89. The van der Waals surface area contributed by atoms with Gasteiger partial charge in [-0.15, -0.1) is 0 Å². The molecule has 3 atom stereocenters. The zero-order valence-electron chi connectivity index (χ0n) is 13.2. The Morgan fingerprint density at radius 2 is 2.05 bits per heavy atom. The van der Waals surface area contributed by atoms with Crippen LogP contribution in [0.15, 0.2) is 0 Å². The Bertz CT molecular complexity index is 343. The largest absolute Gasteiger partial charge is 0.480 e. The lowest BCUT2D eigenvalue weighted by atomic mass is 9.95. The fourth-order valence-corrected chi connectivity index (χ4v) is 3.50. The average molecular weight is 282 g/mol. The summed E-state index contributed by atoms with van der Waals surface area (Å²) in [6.07, 6.45) is 7.74. The lowest BCUT2D eigenvalue weighted by molar-refractivity contribution is -0.144. The Hall–Kier alpha value is -0.610. The molecule has 3 unspecified atom stereocenters. The van der Waals surface area contributed by atoms with Gasteiger partial charge in [-0.05, 0) is 65.3 Å². The zero-order chi connectivity index (χ0) is 14.8. The van der Waals surface area contributed by atoms with Crippen LogP contribution < -0.4 is 5.32 Å². The fourth-order valence-electron chi connectivity index (χ4n) is 3.50. The van der Waals surface area contributed by atoms with Gasteiger partial charge in [-0.25, -0.2) is 0 Å². The molecule has 0 radical (unpaired) electrons. The molecule has 1 saturated heterocycles. The molecule has 2 aliphatic rings. The number of likely N-dealkylation sites (tertiary alicyclic amines) is 1. The van der Waals surface area contributed by atoms with Crippen molar-refractivity contribution in [2.45, 2.75) is 89.4 Å². The highest BCUT2D eigenvalue weighted by Crippen LogP contribution is 2.28. The van der Waals surface area contributed by atoms with Gasteiger partial charge in [-0.1, -0.05) is 6.92 Å². The number of aliphatic carboxylic acids is 1. The molecule has 0 spiro atoms. The average Bonchev–Trinajstić information content (AvgIpc) is 3.13. The van der Waals surface area contributed by atoms with Crippen LogP contribution in [0.2, 0.25) is 0 Å². The Morgan fingerprint density at radius 3 is 2.60 bits per heavy atom. The molecule has 1 aliphatic carbocycles. The van der Waals surface area contributed by atoms with Crippen LogP contribution in [0.4, 0.5) is 0 Å². The molecule has 4 nitrogen and oxygen atoms in total. The van der Waals surface area contributed by atoms with Crippen LogP contribution in [-0.4, -0.2) is 46.2 Å². The molecular weight excluding hydrogens is 252 g/mol. The van der Waals surface area contributed by atoms with Gasteiger partial charge in [0.15, 0.2) is 0 Å². The van der Waals surface area contributed by atoms with Crippen LogP contribution >= 0.6 is 0 Å². The number of hydrogen-bond donors (Lipinski definition) is 2. The van der Waals surface area contributed by atoms with Crippen molar-refractivity contribution in [2.75, 3.05) is 6.54 Å². The second-order valence-corrected chi connectivity index (χ2v) is 6.89. The lowest BCUT2D eigenvalue weighted by Crippen LogP contribution is -2.51. The van der Waals surface area contributed by atoms with Crippen molar-refractivity contribution in [3.05, 3.63) is 0 Å². The molecule has 2 N–H and O–H groups in total. The van der Waals surface area contributed by atoms with E-state index in [4.69, 9.17) is 0 Å². The number of rotatable bonds is 8. The van der Waals surface area contributed by atoms with E-state index in [1.54, 1.807) is 0 Å². The molecule has 2 rings (SSSR count). The fraction of sp³-hybridized carbons (Fsp3) is 0.938. The summed E-state index contributed by atoms with van der Waals surface area (Å²) < 4.78 is 0. The Balaban J connectivity index is 1.81. The second kappa shape index (κ2) is 6.44. The van der Waals surface area contributed by atoms with E-state index in [1.807, 2.05) is 6.92 Å². The van der Waals surface area contributed by atoms with Gasteiger partial charge in [0.2, 0.25) is 0 Å². The number of carboxylic acid groups (broad SMARTS) is 1. The van der Waals surface area contributed by atoms with Crippen LogP contribution in [-0.2, 0) is 4.79 Å². The van der Waals surface area contributed by atoms with Crippen LogP contribution in [0.3, 0.4) is 0 Å². The highest BCUT2D eigenvalue weighted by molar-refractivity contribution is 5.78. The van der Waals surface area contributed by atoms with Gasteiger partial charge in [0.1, 0.15) is 5.54 Å². The minimum absolute atomic E-state index is 0.435. The highest BCUT2D eigenvalue weighted by atomic mass is 16.4. The summed E-state index contributed by atoms with van der Waals surface area (Å²) in [7, 11) is 0. The first-order valence-corrected chi connectivity index (χ1v) is 8.23. The first-order chi connectivity index (χ1) is 9.46. The SMILES string of the molecule is CCC1CCC(C)N1CCCC(C)(NC1CC1)C(=O)O. The summed E-state index contributed by atoms with van der Waals surface area (Å²) in [5.74, 6) is -0.703. The number of nitrogens with one attached hydrogen (secondary N) is 1. The minimum atomic E-state index is -0.744. The molecule has 2 fully saturated rings. The van der Waals surface area contributed by atoms with Gasteiger partial charge in [-0.2, -0.15) is 0 Å². The predicted molar refractivity (Wildman–Crippen MR) is 80.9 cm³/mol. The van der Waals surface area contributed by atoms with Crippen molar-refractivity contribution in [2.24, 2.45) is 0 Å². The molecule has 1 heterocycles. The topological polar surface area (TPSA) is 52.6 Å². The van der Waals surface area contributed by atoms with Crippen LogP contribution in [0.25, 0.3) is 0 Å². The Morgan fingerprint density at radius 1 is 1.35 bits per heavy atom. The van der Waals surface area contributed by atoms with Crippen molar-refractivity contribution in [1.82, 2.24) is 10.2 Å². The first-order valence-electron chi connectivity index (χ1n) is 8.23. The standard InChI is InChI=1S/C16H30N2O2/c1-4-14-9-6-12(2)18(14)11-5-10-16(3,15(19)20)17-13-7-8-13/h12-14,17H,4-11H2,1-3H3,(H,19,20). The summed E-state index contributed by atoms with van der Waals surface area (Å²) in [5.41, 5.74) is -0.744. The van der Waals surface area contributed by atoms with Crippen molar-refractivity contribution in [1.29, 1.82) is 0 Å². The molecule has 1 saturated carbocycles. The van der Waals surface area contributed by atoms with E-state index in [0.29, 0.717) is 18.1 Å². The first kappa shape index (κ1) is 15.8. The van der Waals surface area contributed by atoms with Gasteiger partial charge >= 0.3 is 5.97 Å². The monoisotopic (exact) mass is 282 g/mol. The normalized spacial score (nSPS) is 30.4. The predicted octanol–water partition coefficient (Wildman–Crippen LogP) is 2.62. The van der Waals surface area contributed by atoms with Crippen molar-refractivity contribution >= 4 is 5.97 Å². The smallest absolute Gasteiger partial charge is 0.323 e. The Labute approximate surface area is 122 Å². The van der Waals surface area contributed by atoms with E-state index in [9.17, 15) is 9.90 Å². The van der Waals surface area contributed by atoms with Gasteiger partial charge in [0.05, 0.1) is 0 Å². The summed E-state index contributed by atoms with van der Waals surface area (Å²) in [6, 6.07) is 1.80. The highest BCUT2D eigenvalue weighted by Gasteiger charge is 2.38. The maximum absolute atomic E-state index is 11.5. The van der Waals surface area contributed by atoms with Gasteiger partial charge in [0, 0.05) is 18.1 Å². The van der Waals surface area contributed by atoms with Crippen LogP contribution in [0.5, 0.6) is 0 Å². The maximum Gasteiger partial charge on any atom is 0.323 e. The number of nitrogens with zero attached hydrogens (tertiary/aromatic N) is 1. The van der Waals surface area contributed by atoms with E-state index in [2.05, 4.69) is 24.1 Å². The summed E-state index contributed by atoms with van der Waals surface area (Å²) in [6.45, 7) is 7.44. The summed E-state index contributed by atoms with van der Waals surface area (Å²) in [4.78, 5) is 14.1. The molecule has 0 amide bonds. The van der Waals surface area contributed by atoms with Gasteiger partial charge in [-0.3, -0.25) is 15.0 Å². The summed E-state index contributed by atoms with van der Waals surface area (Å²) in [5, 5.41) is 12.8. The van der Waals surface area contributed by atoms with Gasteiger partial charge in [0.25, 0.3) is 0 Å². The van der Waals surface area contributed by atoms with Crippen molar-refractivity contribution < 1.29 is 9.90 Å². The van der Waals surface area contributed by atoms with Crippen molar-refractivity contribution in [3.8, 4) is 0 Å². The zero-order valence-corrected chi connectivity index (χ0v) is 13.2. The van der Waals surface area contributed by atoms with E-state index in [-0.39, 0.29) is 0 Å². The number of hydrogen-bond acceptors (Lipinski definition) is 3. The number of carboxylic acids is 1. The third-order valence-electron chi connectivity index (χ3n) is 5.09. The molecule has 4 heteroatoms. The molecule has 0 aromatic heterocycles. The molecule has 0 bridgehead atoms. The third kappa shape index (κ3) is 3.73. The number of carbonyl (C=O) groups is 1.